The van der Waals surface area contributed by atoms with E-state index in [1.165, 1.54) is 42.9 Å². The first-order chi connectivity index (χ1) is 14.7. The minimum atomic E-state index is -4.02. The molecule has 164 valence electrons. The monoisotopic (exact) mass is 451 g/mol. The third kappa shape index (κ3) is 4.31. The minimum absolute atomic E-state index is 0.0337. The maximum Gasteiger partial charge on any atom is 0.269 e. The number of hydrogen-bond donors (Lipinski definition) is 1. The largest absolute Gasteiger partial charge is 0.493 e. The molecule has 1 N–H and O–H groups in total. The van der Waals surface area contributed by atoms with E-state index in [1.807, 2.05) is 0 Å². The fraction of sp³-hybridized carbons (Fsp3) is 0.286. The number of hydrogen-bond acceptors (Lipinski definition) is 5. The average molecular weight is 451 g/mol. The van der Waals surface area contributed by atoms with Gasteiger partial charge in [0.15, 0.2) is 0 Å². The highest BCUT2D eigenvalue weighted by molar-refractivity contribution is 7.90. The van der Waals surface area contributed by atoms with Crippen LogP contribution in [0.25, 0.3) is 11.3 Å². The van der Waals surface area contributed by atoms with E-state index in [9.17, 15) is 21.6 Å². The number of nitrogens with one attached hydrogen (secondary N) is 1. The van der Waals surface area contributed by atoms with Gasteiger partial charge in [0, 0.05) is 43.2 Å². The first-order valence-electron chi connectivity index (χ1n) is 9.54. The number of rotatable bonds is 8. The van der Waals surface area contributed by atoms with Crippen molar-refractivity contribution in [2.45, 2.75) is 23.8 Å². The molecule has 1 aromatic carbocycles. The molecule has 1 aliphatic carbocycles. The van der Waals surface area contributed by atoms with E-state index >= 15 is 0 Å². The number of nitrogens with zero attached hydrogens (tertiary/aromatic N) is 2. The Morgan fingerprint density at radius 2 is 2.06 bits per heavy atom. The van der Waals surface area contributed by atoms with Gasteiger partial charge in [0.25, 0.3) is 15.9 Å². The molecular formula is C21H20F3N3O3S. The van der Waals surface area contributed by atoms with Crippen molar-refractivity contribution in [1.82, 2.24) is 14.3 Å². The lowest BCUT2D eigenvalue weighted by atomic mass is 10.1. The van der Waals surface area contributed by atoms with E-state index in [1.54, 1.807) is 13.1 Å². The Morgan fingerprint density at radius 3 is 2.68 bits per heavy atom. The molecule has 1 aliphatic rings. The lowest BCUT2D eigenvalue weighted by Crippen LogP contribution is -2.14. The third-order valence-electron chi connectivity index (χ3n) is 5.04. The van der Waals surface area contributed by atoms with Crippen LogP contribution in [-0.4, -0.2) is 37.0 Å². The summed E-state index contributed by atoms with van der Waals surface area (Å²) in [6.45, 7) is 0.171. The van der Waals surface area contributed by atoms with Gasteiger partial charge in [-0.1, -0.05) is 0 Å². The van der Waals surface area contributed by atoms with E-state index in [-0.39, 0.29) is 34.9 Å². The number of halogens is 3. The third-order valence-corrected chi connectivity index (χ3v) is 6.70. The highest BCUT2D eigenvalue weighted by atomic mass is 32.2. The Bertz CT molecular complexity index is 1200. The van der Waals surface area contributed by atoms with Gasteiger partial charge in [0.05, 0.1) is 18.2 Å². The molecule has 6 nitrogen and oxygen atoms in total. The zero-order valence-corrected chi connectivity index (χ0v) is 17.4. The predicted octanol–water partition coefficient (Wildman–Crippen LogP) is 3.68. The van der Waals surface area contributed by atoms with Gasteiger partial charge < -0.3 is 10.1 Å². The summed E-state index contributed by atoms with van der Waals surface area (Å²) in [5.74, 6) is -4.20. The molecule has 1 atom stereocenters. The van der Waals surface area contributed by atoms with Crippen LogP contribution in [0.5, 0.6) is 5.75 Å². The summed E-state index contributed by atoms with van der Waals surface area (Å²) >= 11 is 0. The highest BCUT2D eigenvalue weighted by Crippen LogP contribution is 2.48. The minimum Gasteiger partial charge on any atom is -0.493 e. The summed E-state index contributed by atoms with van der Waals surface area (Å²) in [6.07, 6.45) is 3.87. The molecule has 0 saturated heterocycles. The van der Waals surface area contributed by atoms with Gasteiger partial charge >= 0.3 is 0 Å². The molecule has 2 heterocycles. The van der Waals surface area contributed by atoms with Crippen LogP contribution >= 0.6 is 0 Å². The number of aromatic nitrogens is 2. The van der Waals surface area contributed by atoms with Crippen molar-refractivity contribution in [3.63, 3.8) is 0 Å². The number of alkyl halides is 2. The van der Waals surface area contributed by atoms with Crippen LogP contribution in [0.15, 0.2) is 59.9 Å². The molecule has 31 heavy (non-hydrogen) atoms. The van der Waals surface area contributed by atoms with Crippen LogP contribution < -0.4 is 10.1 Å². The second-order valence-electron chi connectivity index (χ2n) is 7.37. The van der Waals surface area contributed by atoms with Gasteiger partial charge in [-0.3, -0.25) is 4.98 Å². The Kier molecular flexibility index (Phi) is 5.52. The van der Waals surface area contributed by atoms with Gasteiger partial charge in [-0.15, -0.1) is 0 Å². The van der Waals surface area contributed by atoms with Crippen molar-refractivity contribution in [3.8, 4) is 17.0 Å². The van der Waals surface area contributed by atoms with Crippen molar-refractivity contribution in [2.24, 2.45) is 5.92 Å². The zero-order chi connectivity index (χ0) is 22.2. The van der Waals surface area contributed by atoms with Crippen LogP contribution in [-0.2, 0) is 16.6 Å². The molecule has 1 saturated carbocycles. The molecule has 0 amide bonds. The second-order valence-corrected chi connectivity index (χ2v) is 9.18. The van der Waals surface area contributed by atoms with E-state index < -0.39 is 27.7 Å². The summed E-state index contributed by atoms with van der Waals surface area (Å²) in [5.41, 5.74) is 0.812. The molecule has 2 aromatic heterocycles. The highest BCUT2D eigenvalue weighted by Gasteiger charge is 2.57. The van der Waals surface area contributed by atoms with Crippen molar-refractivity contribution < 1.29 is 26.3 Å². The van der Waals surface area contributed by atoms with Crippen LogP contribution in [0, 0.1) is 11.7 Å². The van der Waals surface area contributed by atoms with Crippen molar-refractivity contribution in [1.29, 1.82) is 0 Å². The lowest BCUT2D eigenvalue weighted by molar-refractivity contribution is 0.0856. The molecular weight excluding hydrogens is 431 g/mol. The summed E-state index contributed by atoms with van der Waals surface area (Å²) in [7, 11) is -2.31. The van der Waals surface area contributed by atoms with Crippen LogP contribution in [0.2, 0.25) is 0 Å². The number of benzene rings is 1. The lowest BCUT2D eigenvalue weighted by Gasteiger charge is -2.12. The second kappa shape index (κ2) is 8.01. The molecule has 1 unspecified atom stereocenters. The van der Waals surface area contributed by atoms with Gasteiger partial charge in [-0.25, -0.2) is 25.6 Å². The van der Waals surface area contributed by atoms with Crippen molar-refractivity contribution in [2.75, 3.05) is 13.7 Å². The van der Waals surface area contributed by atoms with E-state index in [4.69, 9.17) is 4.74 Å². The van der Waals surface area contributed by atoms with E-state index in [2.05, 4.69) is 10.3 Å². The first-order valence-corrected chi connectivity index (χ1v) is 11.0. The maximum atomic E-state index is 14.9. The maximum absolute atomic E-state index is 14.9. The molecule has 0 radical (unpaired) electrons. The van der Waals surface area contributed by atoms with E-state index in [0.717, 1.165) is 10.0 Å². The Hall–Kier alpha value is -2.85. The average Bonchev–Trinajstić information content (AvgIpc) is 3.14. The fourth-order valence-corrected chi connectivity index (χ4v) is 4.60. The molecule has 3 aromatic rings. The number of ether oxygens (including phenoxy) is 1. The zero-order valence-electron chi connectivity index (χ0n) is 16.6. The van der Waals surface area contributed by atoms with Gasteiger partial charge in [0.1, 0.15) is 16.5 Å². The Labute approximate surface area is 177 Å². The van der Waals surface area contributed by atoms with Crippen LogP contribution in [0.4, 0.5) is 13.2 Å². The standard InChI is InChI=1S/C21H20F3N3O3S/c1-25-10-14-7-20(27(12-14)31(28,29)17-3-2-6-26-11-17)18-5-4-16(8-19(18)22)30-13-15-9-21(15,23)24/h2-8,11-12,15,25H,9-10,13H2,1H3. The first kappa shape index (κ1) is 21.4. The number of pyridine rings is 1. The quantitative estimate of drug-likeness (QED) is 0.566. The van der Waals surface area contributed by atoms with E-state index in [0.29, 0.717) is 12.1 Å². The molecule has 0 bridgehead atoms. The summed E-state index contributed by atoms with van der Waals surface area (Å²) in [5, 5.41) is 2.94. The SMILES string of the molecule is CNCc1cc(-c2ccc(OCC3CC3(F)F)cc2F)n(S(=O)(=O)c2cccnc2)c1. The predicted molar refractivity (Wildman–Crippen MR) is 108 cm³/mol. The molecule has 0 spiro atoms. The molecule has 10 heteroatoms. The van der Waals surface area contributed by atoms with Crippen molar-refractivity contribution >= 4 is 10.0 Å². The van der Waals surface area contributed by atoms with Gasteiger partial charge in [-0.2, -0.15) is 0 Å². The topological polar surface area (TPSA) is 73.2 Å². The van der Waals surface area contributed by atoms with Gasteiger partial charge in [0.2, 0.25) is 0 Å². The van der Waals surface area contributed by atoms with Crippen LogP contribution in [0.1, 0.15) is 12.0 Å². The summed E-state index contributed by atoms with van der Waals surface area (Å²) in [4.78, 5) is 3.82. The Morgan fingerprint density at radius 1 is 1.29 bits per heavy atom. The molecule has 4 rings (SSSR count). The fourth-order valence-electron chi connectivity index (χ4n) is 3.25. The van der Waals surface area contributed by atoms with Gasteiger partial charge in [-0.05, 0) is 42.9 Å². The Balaban J connectivity index is 1.69. The van der Waals surface area contributed by atoms with Crippen LogP contribution in [0.3, 0.4) is 0 Å². The molecule has 0 aliphatic heterocycles. The summed E-state index contributed by atoms with van der Waals surface area (Å²) in [6, 6.07) is 8.37. The molecule has 1 fully saturated rings. The van der Waals surface area contributed by atoms with Crippen molar-refractivity contribution in [3.05, 3.63) is 66.4 Å². The normalized spacial score (nSPS) is 17.5. The summed E-state index contributed by atoms with van der Waals surface area (Å²) < 4.78 is 73.5. The smallest absolute Gasteiger partial charge is 0.269 e.